The van der Waals surface area contributed by atoms with Crippen LogP contribution in [0, 0.1) is 0 Å². The van der Waals surface area contributed by atoms with Gasteiger partial charge >= 0.3 is 11.9 Å². The summed E-state index contributed by atoms with van der Waals surface area (Å²) in [6.07, 6.45) is 1.27. The van der Waals surface area contributed by atoms with Crippen LogP contribution < -0.4 is 5.32 Å². The fourth-order valence-electron chi connectivity index (χ4n) is 1.73. The molecule has 0 radical (unpaired) electrons. The van der Waals surface area contributed by atoms with E-state index in [0.29, 0.717) is 5.69 Å². The molecule has 2 aromatic carbocycles. The first-order valence-corrected chi connectivity index (χ1v) is 6.03. The molecule has 0 saturated heterocycles. The number of nitrogens with zero attached hydrogens (tertiary/aromatic N) is 1. The van der Waals surface area contributed by atoms with Crippen molar-refractivity contribution in [3.63, 3.8) is 0 Å². The number of carbonyl (C=O) groups is 2. The highest BCUT2D eigenvalue weighted by molar-refractivity contribution is 5.98. The molecule has 2 aromatic rings. The fourth-order valence-corrected chi connectivity index (χ4v) is 1.73. The summed E-state index contributed by atoms with van der Waals surface area (Å²) in [5, 5.41) is 20.8. The Morgan fingerprint density at radius 2 is 1.48 bits per heavy atom. The van der Waals surface area contributed by atoms with Crippen molar-refractivity contribution in [2.75, 3.05) is 5.32 Å². The number of hydrogen-bond acceptors (Lipinski definition) is 3. The molecule has 0 heterocycles. The van der Waals surface area contributed by atoms with E-state index in [4.69, 9.17) is 10.2 Å². The third-order valence-electron chi connectivity index (χ3n) is 2.72. The van der Waals surface area contributed by atoms with E-state index in [0.717, 1.165) is 0 Å². The van der Waals surface area contributed by atoms with Gasteiger partial charge in [0.15, 0.2) is 0 Å². The van der Waals surface area contributed by atoms with E-state index >= 15 is 0 Å². The smallest absolute Gasteiger partial charge is 0.337 e. The topological polar surface area (TPSA) is 99.0 Å². The van der Waals surface area contributed by atoms with Crippen LogP contribution in [0.5, 0.6) is 0 Å². The minimum Gasteiger partial charge on any atom is -0.478 e. The van der Waals surface area contributed by atoms with Crippen LogP contribution >= 0.6 is 0 Å². The lowest BCUT2D eigenvalue weighted by molar-refractivity contribution is 0.0687. The van der Waals surface area contributed by atoms with Gasteiger partial charge in [0.05, 0.1) is 28.8 Å². The predicted molar refractivity (Wildman–Crippen MR) is 78.6 cm³/mol. The normalized spacial score (nSPS) is 10.5. The van der Waals surface area contributed by atoms with Gasteiger partial charge in [-0.1, -0.05) is 24.3 Å². The van der Waals surface area contributed by atoms with Crippen LogP contribution in [0.1, 0.15) is 20.7 Å². The molecule has 0 fully saturated rings. The first kappa shape index (κ1) is 14.3. The second-order valence-electron chi connectivity index (χ2n) is 4.08. The quantitative estimate of drug-likeness (QED) is 0.579. The van der Waals surface area contributed by atoms with E-state index in [9.17, 15) is 9.59 Å². The van der Waals surface area contributed by atoms with E-state index < -0.39 is 11.9 Å². The highest BCUT2D eigenvalue weighted by atomic mass is 16.4. The summed E-state index contributed by atoms with van der Waals surface area (Å²) in [7, 11) is 0. The van der Waals surface area contributed by atoms with Gasteiger partial charge in [-0.05, 0) is 24.3 Å². The van der Waals surface area contributed by atoms with Gasteiger partial charge in [-0.3, -0.25) is 0 Å². The Morgan fingerprint density at radius 1 is 0.905 bits per heavy atom. The van der Waals surface area contributed by atoms with Crippen molar-refractivity contribution in [1.29, 1.82) is 0 Å². The molecule has 0 saturated carbocycles. The average molecular weight is 284 g/mol. The van der Waals surface area contributed by atoms with Crippen molar-refractivity contribution in [3.05, 3.63) is 59.7 Å². The van der Waals surface area contributed by atoms with Crippen molar-refractivity contribution < 1.29 is 19.8 Å². The molecule has 0 atom stereocenters. The zero-order valence-electron chi connectivity index (χ0n) is 10.9. The number of para-hydroxylation sites is 2. The molecule has 106 valence electrons. The van der Waals surface area contributed by atoms with Crippen LogP contribution in [-0.2, 0) is 0 Å². The molecule has 0 aromatic heterocycles. The third-order valence-corrected chi connectivity index (χ3v) is 2.72. The fraction of sp³-hybridized carbons (Fsp3) is 0. The summed E-state index contributed by atoms with van der Waals surface area (Å²) < 4.78 is 0. The van der Waals surface area contributed by atoms with Gasteiger partial charge in [-0.25, -0.2) is 14.6 Å². The van der Waals surface area contributed by atoms with E-state index in [-0.39, 0.29) is 16.8 Å². The number of aliphatic imine (C=N–C) groups is 1. The molecule has 3 N–H and O–H groups in total. The molecule has 2 rings (SSSR count). The molecule has 0 unspecified atom stereocenters. The van der Waals surface area contributed by atoms with Crippen molar-refractivity contribution in [2.45, 2.75) is 0 Å². The van der Waals surface area contributed by atoms with Crippen molar-refractivity contribution in [1.82, 2.24) is 0 Å². The summed E-state index contributed by atoms with van der Waals surface area (Å²) in [5.74, 6) is -2.13. The molecule has 6 nitrogen and oxygen atoms in total. The maximum Gasteiger partial charge on any atom is 0.337 e. The van der Waals surface area contributed by atoms with Crippen LogP contribution in [0.3, 0.4) is 0 Å². The number of hydrogen-bond donors (Lipinski definition) is 3. The average Bonchev–Trinajstić information content (AvgIpc) is 2.48. The van der Waals surface area contributed by atoms with Gasteiger partial charge in [0.2, 0.25) is 0 Å². The molecular weight excluding hydrogens is 272 g/mol. The maximum absolute atomic E-state index is 11.0. The number of nitrogens with one attached hydrogen (secondary N) is 1. The summed E-state index contributed by atoms with van der Waals surface area (Å²) in [6.45, 7) is 0. The zero-order valence-corrected chi connectivity index (χ0v) is 10.9. The number of rotatable bonds is 5. The molecular formula is C15H12N2O4. The highest BCUT2D eigenvalue weighted by Gasteiger charge is 2.09. The van der Waals surface area contributed by atoms with Crippen molar-refractivity contribution in [2.24, 2.45) is 4.99 Å². The number of anilines is 1. The monoisotopic (exact) mass is 284 g/mol. The maximum atomic E-state index is 11.0. The van der Waals surface area contributed by atoms with E-state index in [1.807, 2.05) is 0 Å². The van der Waals surface area contributed by atoms with Crippen molar-refractivity contribution >= 4 is 29.7 Å². The van der Waals surface area contributed by atoms with Crippen LogP contribution in [0.4, 0.5) is 11.4 Å². The Balaban J connectivity index is 2.21. The summed E-state index contributed by atoms with van der Waals surface area (Å²) in [5.41, 5.74) is 0.837. The van der Waals surface area contributed by atoms with E-state index in [1.54, 1.807) is 36.4 Å². The number of carboxylic acids is 2. The predicted octanol–water partition coefficient (Wildman–Crippen LogP) is 2.85. The van der Waals surface area contributed by atoms with Crippen molar-refractivity contribution in [3.8, 4) is 0 Å². The van der Waals surface area contributed by atoms with Gasteiger partial charge in [-0.2, -0.15) is 0 Å². The Kier molecular flexibility index (Phi) is 4.30. The number of carboxylic acid groups (broad SMARTS) is 2. The van der Waals surface area contributed by atoms with E-state index in [1.165, 1.54) is 18.5 Å². The molecule has 6 heteroatoms. The largest absolute Gasteiger partial charge is 0.478 e. The van der Waals surface area contributed by atoms with E-state index in [2.05, 4.69) is 10.3 Å². The van der Waals surface area contributed by atoms with Gasteiger partial charge in [0.25, 0.3) is 0 Å². The Bertz CT molecular complexity index is 710. The molecule has 0 aliphatic rings. The highest BCUT2D eigenvalue weighted by Crippen LogP contribution is 2.18. The molecule has 0 bridgehead atoms. The minimum absolute atomic E-state index is 0.0714. The van der Waals surface area contributed by atoms with Crippen LogP contribution in [0.2, 0.25) is 0 Å². The lowest BCUT2D eigenvalue weighted by atomic mass is 10.2. The first-order chi connectivity index (χ1) is 10.1. The Hall–Kier alpha value is -3.15. The number of benzene rings is 2. The Labute approximate surface area is 120 Å². The standard InChI is InChI=1S/C15H12N2O4/c18-14(19)10-5-1-3-7-12(10)16-9-17-13-8-4-2-6-11(13)15(20)21/h1-9H,(H,16,17)(H,18,19)(H,20,21). The molecule has 0 spiro atoms. The summed E-state index contributed by atoms with van der Waals surface area (Å²) in [6, 6.07) is 12.6. The minimum atomic E-state index is -1.08. The molecule has 0 aliphatic heterocycles. The molecule has 0 amide bonds. The van der Waals surface area contributed by atoms with Crippen LogP contribution in [-0.4, -0.2) is 28.5 Å². The lowest BCUT2D eigenvalue weighted by Gasteiger charge is -2.05. The number of aromatic carboxylic acids is 2. The zero-order chi connectivity index (χ0) is 15.2. The second kappa shape index (κ2) is 6.33. The molecule has 0 aliphatic carbocycles. The second-order valence-corrected chi connectivity index (χ2v) is 4.08. The Morgan fingerprint density at radius 3 is 2.14 bits per heavy atom. The van der Waals surface area contributed by atoms with Gasteiger partial charge in [-0.15, -0.1) is 0 Å². The summed E-state index contributed by atoms with van der Waals surface area (Å²) in [4.78, 5) is 26.1. The first-order valence-electron chi connectivity index (χ1n) is 6.03. The lowest BCUT2D eigenvalue weighted by Crippen LogP contribution is -2.04. The van der Waals surface area contributed by atoms with Gasteiger partial charge in [0, 0.05) is 0 Å². The van der Waals surface area contributed by atoms with Crippen LogP contribution in [0.15, 0.2) is 53.5 Å². The van der Waals surface area contributed by atoms with Gasteiger partial charge in [0.1, 0.15) is 0 Å². The summed E-state index contributed by atoms with van der Waals surface area (Å²) >= 11 is 0. The molecule has 21 heavy (non-hydrogen) atoms. The van der Waals surface area contributed by atoms with Gasteiger partial charge < -0.3 is 15.5 Å². The van der Waals surface area contributed by atoms with Crippen LogP contribution in [0.25, 0.3) is 0 Å². The third kappa shape index (κ3) is 3.44. The SMILES string of the molecule is O=C(O)c1ccccc1/N=C/Nc1ccccc1C(=O)O.